The van der Waals surface area contributed by atoms with E-state index < -0.39 is 8.60 Å². The molecule has 0 bridgehead atoms. The smallest absolute Gasteiger partial charge is 0.391 e. The lowest BCUT2D eigenvalue weighted by Gasteiger charge is -2.16. The molecule has 3 nitrogen and oxygen atoms in total. The van der Waals surface area contributed by atoms with Gasteiger partial charge in [-0.05, 0) is 54.7 Å². The number of aryl methyl sites for hydroxylation is 1. The Kier molecular flexibility index (Phi) is 12.2. The molecular weight excluding hydrogens is 343 g/mol. The maximum atomic E-state index is 9.29. The summed E-state index contributed by atoms with van der Waals surface area (Å²) in [5.41, 5.74) is 2.49. The van der Waals surface area contributed by atoms with Crippen LogP contribution < -0.4 is 4.52 Å². The summed E-state index contributed by atoms with van der Waals surface area (Å²) in [4.78, 5) is 18.6. The second kappa shape index (κ2) is 13.5. The van der Waals surface area contributed by atoms with Gasteiger partial charge in [-0.1, -0.05) is 78.4 Å². The normalized spacial score (nSPS) is 11.7. The van der Waals surface area contributed by atoms with Crippen LogP contribution in [-0.2, 0) is 12.8 Å². The molecule has 4 heteroatoms. The van der Waals surface area contributed by atoms with Crippen molar-refractivity contribution in [1.82, 2.24) is 0 Å². The van der Waals surface area contributed by atoms with Crippen molar-refractivity contribution in [2.24, 2.45) is 11.8 Å². The molecular formula is C22H39O3P. The SMILES string of the molecule is CC(C)CCCCCc1cccc(OP(O)O)c1CCCCCC(C)C. The Balaban J connectivity index is 2.62. The van der Waals surface area contributed by atoms with E-state index in [9.17, 15) is 9.79 Å². The van der Waals surface area contributed by atoms with E-state index in [4.69, 9.17) is 4.52 Å². The highest BCUT2D eigenvalue weighted by molar-refractivity contribution is 7.39. The van der Waals surface area contributed by atoms with Gasteiger partial charge in [0.2, 0.25) is 0 Å². The summed E-state index contributed by atoms with van der Waals surface area (Å²) >= 11 is 0. The molecule has 0 saturated carbocycles. The van der Waals surface area contributed by atoms with E-state index >= 15 is 0 Å². The van der Waals surface area contributed by atoms with Gasteiger partial charge in [0.05, 0.1) is 0 Å². The maximum Gasteiger partial charge on any atom is 0.391 e. The minimum atomic E-state index is -2.36. The third kappa shape index (κ3) is 10.5. The lowest BCUT2D eigenvalue weighted by molar-refractivity contribution is 0.372. The topological polar surface area (TPSA) is 49.7 Å². The largest absolute Gasteiger partial charge is 0.427 e. The first-order chi connectivity index (χ1) is 12.4. The maximum absolute atomic E-state index is 9.29. The molecule has 0 aliphatic carbocycles. The molecule has 150 valence electrons. The molecule has 2 N–H and O–H groups in total. The third-order valence-electron chi connectivity index (χ3n) is 4.85. The van der Waals surface area contributed by atoms with Crippen LogP contribution in [0.15, 0.2) is 18.2 Å². The van der Waals surface area contributed by atoms with Crippen molar-refractivity contribution in [2.45, 2.75) is 91.9 Å². The summed E-state index contributed by atoms with van der Waals surface area (Å²) in [6, 6.07) is 6.02. The number of hydrogen-bond acceptors (Lipinski definition) is 3. The molecule has 0 saturated heterocycles. The second-order valence-electron chi connectivity index (χ2n) is 8.22. The molecule has 0 amide bonds. The zero-order chi connectivity index (χ0) is 19.4. The molecule has 0 fully saturated rings. The van der Waals surface area contributed by atoms with Crippen LogP contribution in [0.1, 0.15) is 90.2 Å². The molecule has 26 heavy (non-hydrogen) atoms. The van der Waals surface area contributed by atoms with Gasteiger partial charge in [0.25, 0.3) is 0 Å². The summed E-state index contributed by atoms with van der Waals surface area (Å²) in [5, 5.41) is 0. The Labute approximate surface area is 162 Å². The number of hydrogen-bond donors (Lipinski definition) is 2. The zero-order valence-electron chi connectivity index (χ0n) is 17.2. The Morgan fingerprint density at radius 2 is 1.38 bits per heavy atom. The summed E-state index contributed by atoms with van der Waals surface area (Å²) in [7, 11) is -2.36. The minimum absolute atomic E-state index is 0.657. The van der Waals surface area contributed by atoms with Gasteiger partial charge in [-0.3, -0.25) is 0 Å². The highest BCUT2D eigenvalue weighted by Crippen LogP contribution is 2.34. The summed E-state index contributed by atoms with van der Waals surface area (Å²) in [6.07, 6.45) is 11.9. The predicted octanol–water partition coefficient (Wildman–Crippen LogP) is 6.79. The molecule has 0 radical (unpaired) electrons. The summed E-state index contributed by atoms with van der Waals surface area (Å²) in [6.45, 7) is 9.09. The number of rotatable bonds is 14. The van der Waals surface area contributed by atoms with Crippen LogP contribution in [-0.4, -0.2) is 9.79 Å². The van der Waals surface area contributed by atoms with E-state index in [0.717, 1.165) is 31.1 Å². The fourth-order valence-electron chi connectivity index (χ4n) is 3.38. The first-order valence-corrected chi connectivity index (χ1v) is 11.5. The van der Waals surface area contributed by atoms with E-state index in [-0.39, 0.29) is 0 Å². The van der Waals surface area contributed by atoms with Crippen LogP contribution in [0.5, 0.6) is 5.75 Å². The average Bonchev–Trinajstić information content (AvgIpc) is 2.55. The Bertz CT molecular complexity index is 486. The number of benzene rings is 1. The van der Waals surface area contributed by atoms with Crippen LogP contribution in [0.2, 0.25) is 0 Å². The Hall–Kier alpha value is -0.630. The van der Waals surface area contributed by atoms with Gasteiger partial charge in [0, 0.05) is 0 Å². The van der Waals surface area contributed by atoms with Crippen molar-refractivity contribution in [3.8, 4) is 5.75 Å². The van der Waals surface area contributed by atoms with E-state index in [0.29, 0.717) is 5.75 Å². The van der Waals surface area contributed by atoms with Crippen molar-refractivity contribution in [3.63, 3.8) is 0 Å². The van der Waals surface area contributed by atoms with Gasteiger partial charge in [-0.2, -0.15) is 0 Å². The first-order valence-electron chi connectivity index (χ1n) is 10.4. The minimum Gasteiger partial charge on any atom is -0.427 e. The van der Waals surface area contributed by atoms with Crippen LogP contribution in [0.3, 0.4) is 0 Å². The van der Waals surface area contributed by atoms with Gasteiger partial charge in [0.1, 0.15) is 5.75 Å². The highest BCUT2D eigenvalue weighted by Gasteiger charge is 2.13. The standard InChI is InChI=1S/C22H39O3P/c1-18(2)12-7-5-9-14-20-15-11-17-22(25-26(23)24)21(20)16-10-6-8-13-19(3)4/h11,15,17-19,23-24H,5-10,12-14,16H2,1-4H3. The van der Waals surface area contributed by atoms with Crippen molar-refractivity contribution in [2.75, 3.05) is 0 Å². The molecule has 1 aromatic carbocycles. The Morgan fingerprint density at radius 3 is 1.92 bits per heavy atom. The van der Waals surface area contributed by atoms with Gasteiger partial charge < -0.3 is 14.3 Å². The summed E-state index contributed by atoms with van der Waals surface area (Å²) < 4.78 is 5.32. The lowest BCUT2D eigenvalue weighted by Crippen LogP contribution is -2.00. The van der Waals surface area contributed by atoms with Crippen LogP contribution >= 0.6 is 8.60 Å². The first kappa shape index (κ1) is 23.4. The van der Waals surface area contributed by atoms with E-state index in [1.807, 2.05) is 12.1 Å². The third-order valence-corrected chi connectivity index (χ3v) is 5.21. The second-order valence-corrected chi connectivity index (χ2v) is 8.91. The molecule has 1 aromatic rings. The molecule has 0 unspecified atom stereocenters. The fraction of sp³-hybridized carbons (Fsp3) is 0.727. The van der Waals surface area contributed by atoms with Crippen molar-refractivity contribution >= 4 is 8.60 Å². The Morgan fingerprint density at radius 1 is 0.808 bits per heavy atom. The van der Waals surface area contributed by atoms with Gasteiger partial charge in [0.15, 0.2) is 0 Å². The molecule has 0 aromatic heterocycles. The molecule has 0 spiro atoms. The molecule has 1 rings (SSSR count). The molecule has 0 atom stereocenters. The number of unbranched alkanes of at least 4 members (excludes halogenated alkanes) is 4. The molecule has 0 heterocycles. The van der Waals surface area contributed by atoms with E-state index in [1.54, 1.807) is 0 Å². The molecule has 0 aliphatic rings. The van der Waals surface area contributed by atoms with Crippen molar-refractivity contribution < 1.29 is 14.3 Å². The zero-order valence-corrected chi connectivity index (χ0v) is 18.1. The van der Waals surface area contributed by atoms with E-state index in [1.165, 1.54) is 56.1 Å². The van der Waals surface area contributed by atoms with Crippen LogP contribution in [0, 0.1) is 11.8 Å². The van der Waals surface area contributed by atoms with Gasteiger partial charge in [-0.15, -0.1) is 0 Å². The average molecular weight is 383 g/mol. The van der Waals surface area contributed by atoms with E-state index in [2.05, 4.69) is 33.8 Å². The van der Waals surface area contributed by atoms with Crippen molar-refractivity contribution in [3.05, 3.63) is 29.3 Å². The van der Waals surface area contributed by atoms with Gasteiger partial charge in [-0.25, -0.2) is 0 Å². The van der Waals surface area contributed by atoms with Gasteiger partial charge >= 0.3 is 8.60 Å². The predicted molar refractivity (Wildman–Crippen MR) is 112 cm³/mol. The monoisotopic (exact) mass is 382 g/mol. The summed E-state index contributed by atoms with van der Waals surface area (Å²) in [5.74, 6) is 2.20. The van der Waals surface area contributed by atoms with Crippen LogP contribution in [0.4, 0.5) is 0 Å². The quantitative estimate of drug-likeness (QED) is 0.275. The highest BCUT2D eigenvalue weighted by atomic mass is 31.2. The fourth-order valence-corrected chi connectivity index (χ4v) is 3.73. The lowest BCUT2D eigenvalue weighted by atomic mass is 9.95. The van der Waals surface area contributed by atoms with Crippen molar-refractivity contribution in [1.29, 1.82) is 0 Å². The molecule has 0 aliphatic heterocycles. The van der Waals surface area contributed by atoms with Crippen LogP contribution in [0.25, 0.3) is 0 Å².